The van der Waals surface area contributed by atoms with Crippen LogP contribution in [-0.2, 0) is 22.5 Å². The third-order valence-electron chi connectivity index (χ3n) is 2.10. The summed E-state index contributed by atoms with van der Waals surface area (Å²) in [5.41, 5.74) is 0.714. The fraction of sp³-hybridized carbons (Fsp3) is 0.600. The second-order valence-electron chi connectivity index (χ2n) is 3.16. The molecule has 0 radical (unpaired) electrons. The Balaban J connectivity index is 2.56. The summed E-state index contributed by atoms with van der Waals surface area (Å²) in [4.78, 5) is 22.2. The zero-order valence-corrected chi connectivity index (χ0v) is 9.08. The summed E-state index contributed by atoms with van der Waals surface area (Å²) in [6, 6.07) is 1.52. The standard InChI is InChI=1S/C10H16N2O3/c1-3-12-8(7-9(13)11-12)5-6-10(14)15-4-2/h7H,3-6H2,1-2H3,(H,11,13). The molecular weight excluding hydrogens is 196 g/mol. The Morgan fingerprint density at radius 3 is 2.87 bits per heavy atom. The maximum absolute atomic E-state index is 11.1. The van der Waals surface area contributed by atoms with Crippen LogP contribution in [-0.4, -0.2) is 22.4 Å². The molecule has 0 fully saturated rings. The Hall–Kier alpha value is -1.52. The molecule has 0 amide bonds. The van der Waals surface area contributed by atoms with E-state index in [9.17, 15) is 9.59 Å². The van der Waals surface area contributed by atoms with Gasteiger partial charge in [-0.2, -0.15) is 0 Å². The third-order valence-corrected chi connectivity index (χ3v) is 2.10. The van der Waals surface area contributed by atoms with Crippen LogP contribution in [0.15, 0.2) is 10.9 Å². The lowest BCUT2D eigenvalue weighted by atomic mass is 10.2. The Morgan fingerprint density at radius 2 is 2.27 bits per heavy atom. The predicted molar refractivity (Wildman–Crippen MR) is 55.7 cm³/mol. The topological polar surface area (TPSA) is 64.1 Å². The van der Waals surface area contributed by atoms with E-state index in [0.29, 0.717) is 26.0 Å². The zero-order chi connectivity index (χ0) is 11.3. The van der Waals surface area contributed by atoms with Crippen molar-refractivity contribution in [1.29, 1.82) is 0 Å². The minimum absolute atomic E-state index is 0.129. The lowest BCUT2D eigenvalue weighted by Crippen LogP contribution is -2.09. The van der Waals surface area contributed by atoms with E-state index in [4.69, 9.17) is 4.74 Å². The van der Waals surface area contributed by atoms with Crippen LogP contribution in [0.5, 0.6) is 0 Å². The van der Waals surface area contributed by atoms with Crippen molar-refractivity contribution >= 4 is 5.97 Å². The van der Waals surface area contributed by atoms with Crippen LogP contribution >= 0.6 is 0 Å². The molecule has 5 nitrogen and oxygen atoms in total. The quantitative estimate of drug-likeness (QED) is 0.730. The second-order valence-corrected chi connectivity index (χ2v) is 3.16. The Morgan fingerprint density at radius 1 is 1.53 bits per heavy atom. The van der Waals surface area contributed by atoms with Gasteiger partial charge in [0.2, 0.25) is 0 Å². The molecule has 84 valence electrons. The first-order chi connectivity index (χ1) is 7.17. The highest BCUT2D eigenvalue weighted by Crippen LogP contribution is 2.01. The van der Waals surface area contributed by atoms with Gasteiger partial charge in [-0.25, -0.2) is 0 Å². The van der Waals surface area contributed by atoms with Crippen LogP contribution in [0, 0.1) is 0 Å². The molecule has 0 spiro atoms. The van der Waals surface area contributed by atoms with E-state index in [-0.39, 0.29) is 11.5 Å². The van der Waals surface area contributed by atoms with Gasteiger partial charge in [0.25, 0.3) is 5.56 Å². The van der Waals surface area contributed by atoms with Crippen LogP contribution in [0.2, 0.25) is 0 Å². The Bertz CT molecular complexity index is 378. The van der Waals surface area contributed by atoms with E-state index < -0.39 is 0 Å². The molecule has 1 aromatic rings. The number of hydrogen-bond donors (Lipinski definition) is 1. The molecule has 1 heterocycles. The molecule has 0 saturated heterocycles. The summed E-state index contributed by atoms with van der Waals surface area (Å²) in [5, 5.41) is 2.66. The van der Waals surface area contributed by atoms with Crippen LogP contribution in [0.3, 0.4) is 0 Å². The molecule has 0 unspecified atom stereocenters. The summed E-state index contributed by atoms with van der Waals surface area (Å²) in [5.74, 6) is -0.228. The van der Waals surface area contributed by atoms with Crippen molar-refractivity contribution in [3.63, 3.8) is 0 Å². The summed E-state index contributed by atoms with van der Waals surface area (Å²) in [6.07, 6.45) is 0.844. The fourth-order valence-corrected chi connectivity index (χ4v) is 1.42. The number of aryl methyl sites for hydroxylation is 2. The van der Waals surface area contributed by atoms with Gasteiger partial charge in [0, 0.05) is 18.3 Å². The van der Waals surface area contributed by atoms with Gasteiger partial charge < -0.3 is 4.74 Å². The maximum atomic E-state index is 11.1. The van der Waals surface area contributed by atoms with E-state index in [0.717, 1.165) is 5.69 Å². The van der Waals surface area contributed by atoms with Crippen molar-refractivity contribution in [3.05, 3.63) is 22.1 Å². The lowest BCUT2D eigenvalue weighted by Gasteiger charge is -2.04. The number of nitrogens with zero attached hydrogens (tertiary/aromatic N) is 1. The molecule has 1 aromatic heterocycles. The van der Waals surface area contributed by atoms with Gasteiger partial charge in [0.1, 0.15) is 0 Å². The highest BCUT2D eigenvalue weighted by atomic mass is 16.5. The number of nitrogens with one attached hydrogen (secondary N) is 1. The Labute approximate surface area is 88.0 Å². The summed E-state index contributed by atoms with van der Waals surface area (Å²) >= 11 is 0. The molecule has 1 N–H and O–H groups in total. The van der Waals surface area contributed by atoms with Crippen molar-refractivity contribution in [1.82, 2.24) is 9.78 Å². The van der Waals surface area contributed by atoms with Crippen LogP contribution in [0.25, 0.3) is 0 Å². The van der Waals surface area contributed by atoms with Crippen molar-refractivity contribution in [2.75, 3.05) is 6.61 Å². The first kappa shape index (κ1) is 11.6. The van der Waals surface area contributed by atoms with Crippen molar-refractivity contribution < 1.29 is 9.53 Å². The van der Waals surface area contributed by atoms with Crippen LogP contribution < -0.4 is 5.56 Å². The summed E-state index contributed by atoms with van der Waals surface area (Å²) in [7, 11) is 0. The number of carbonyl (C=O) groups is 1. The van der Waals surface area contributed by atoms with Gasteiger partial charge in [-0.3, -0.25) is 19.4 Å². The number of H-pyrrole nitrogens is 1. The van der Waals surface area contributed by atoms with Crippen molar-refractivity contribution in [2.45, 2.75) is 33.2 Å². The van der Waals surface area contributed by atoms with Crippen LogP contribution in [0.4, 0.5) is 0 Å². The lowest BCUT2D eigenvalue weighted by molar-refractivity contribution is -0.143. The third kappa shape index (κ3) is 3.27. The van der Waals surface area contributed by atoms with E-state index in [1.165, 1.54) is 6.07 Å². The van der Waals surface area contributed by atoms with Crippen molar-refractivity contribution in [2.24, 2.45) is 0 Å². The monoisotopic (exact) mass is 212 g/mol. The number of esters is 1. The van der Waals surface area contributed by atoms with Crippen molar-refractivity contribution in [3.8, 4) is 0 Å². The molecule has 0 atom stereocenters. The SMILES string of the molecule is CCOC(=O)CCc1cc(=O)[nH]n1CC. The van der Waals surface area contributed by atoms with Gasteiger partial charge in [0.05, 0.1) is 13.0 Å². The van der Waals surface area contributed by atoms with Gasteiger partial charge in [-0.1, -0.05) is 0 Å². The van der Waals surface area contributed by atoms with E-state index in [1.54, 1.807) is 11.6 Å². The molecule has 0 bridgehead atoms. The number of aromatic nitrogens is 2. The zero-order valence-electron chi connectivity index (χ0n) is 9.08. The van der Waals surface area contributed by atoms with Crippen LogP contribution in [0.1, 0.15) is 26.0 Å². The molecule has 0 aliphatic rings. The molecule has 0 aliphatic heterocycles. The Kier molecular flexibility index (Phi) is 4.15. The molecule has 15 heavy (non-hydrogen) atoms. The molecule has 0 aromatic carbocycles. The van der Waals surface area contributed by atoms with Gasteiger partial charge in [0.15, 0.2) is 0 Å². The number of hydrogen-bond acceptors (Lipinski definition) is 3. The minimum Gasteiger partial charge on any atom is -0.466 e. The van der Waals surface area contributed by atoms with Gasteiger partial charge in [-0.15, -0.1) is 0 Å². The smallest absolute Gasteiger partial charge is 0.306 e. The minimum atomic E-state index is -0.228. The molecule has 1 rings (SSSR count). The number of aromatic amines is 1. The molecular formula is C10H16N2O3. The maximum Gasteiger partial charge on any atom is 0.306 e. The normalized spacial score (nSPS) is 10.3. The average molecular weight is 212 g/mol. The molecule has 5 heteroatoms. The second kappa shape index (κ2) is 5.38. The average Bonchev–Trinajstić information content (AvgIpc) is 2.56. The van der Waals surface area contributed by atoms with Gasteiger partial charge in [-0.05, 0) is 20.3 Å². The summed E-state index contributed by atoms with van der Waals surface area (Å²) in [6.45, 7) is 4.80. The number of rotatable bonds is 5. The fourth-order valence-electron chi connectivity index (χ4n) is 1.42. The predicted octanol–water partition coefficient (Wildman–Crippen LogP) is 0.692. The molecule has 0 aliphatic carbocycles. The summed E-state index contributed by atoms with van der Waals surface area (Å²) < 4.78 is 6.55. The first-order valence-corrected chi connectivity index (χ1v) is 5.11. The van der Waals surface area contributed by atoms with Gasteiger partial charge >= 0.3 is 5.97 Å². The number of ether oxygens (including phenoxy) is 1. The van der Waals surface area contributed by atoms with E-state index in [1.807, 2.05) is 6.92 Å². The van der Waals surface area contributed by atoms with E-state index >= 15 is 0 Å². The largest absolute Gasteiger partial charge is 0.466 e. The highest BCUT2D eigenvalue weighted by Gasteiger charge is 2.07. The molecule has 0 saturated carbocycles. The first-order valence-electron chi connectivity index (χ1n) is 5.11. The highest BCUT2D eigenvalue weighted by molar-refractivity contribution is 5.69. The van der Waals surface area contributed by atoms with E-state index in [2.05, 4.69) is 5.10 Å². The number of carbonyl (C=O) groups excluding carboxylic acids is 1.